The number of aryl methyl sites for hydroxylation is 3. The minimum atomic E-state index is -4.17. The van der Waals surface area contributed by atoms with Crippen LogP contribution in [0.3, 0.4) is 0 Å². The van der Waals surface area contributed by atoms with Gasteiger partial charge in [-0.1, -0.05) is 45.0 Å². The average Bonchev–Trinajstić information content (AvgIpc) is 3.00. The Balaban J connectivity index is 1.47. The molecule has 2 aromatic carbocycles. The van der Waals surface area contributed by atoms with Crippen LogP contribution in [0.5, 0.6) is 5.88 Å². The molecule has 11 nitrogen and oxygen atoms in total. The Morgan fingerprint density at radius 3 is 2.39 bits per heavy atom. The van der Waals surface area contributed by atoms with E-state index in [0.29, 0.717) is 23.9 Å². The van der Waals surface area contributed by atoms with Crippen molar-refractivity contribution in [3.8, 4) is 17.1 Å². The third-order valence-electron chi connectivity index (χ3n) is 9.30. The number of ether oxygens (including phenoxy) is 1. The fraction of sp³-hybridized carbons (Fsp3) is 0.432. The van der Waals surface area contributed by atoms with Gasteiger partial charge in [0, 0.05) is 30.3 Å². The summed E-state index contributed by atoms with van der Waals surface area (Å²) < 4.78 is 36.4. The lowest BCUT2D eigenvalue weighted by Crippen LogP contribution is -2.45. The van der Waals surface area contributed by atoms with E-state index >= 15 is 0 Å². The number of sulfonamides is 1. The minimum absolute atomic E-state index is 0.0759. The molecular weight excluding hydrogens is 639 g/mol. The number of hydrogen-bond donors (Lipinski definition) is 1. The number of fused-ring (bicyclic) bond motifs is 4. The number of amides is 1. The highest BCUT2D eigenvalue weighted by Crippen LogP contribution is 2.33. The predicted molar refractivity (Wildman–Crippen MR) is 190 cm³/mol. The van der Waals surface area contributed by atoms with E-state index in [0.717, 1.165) is 41.0 Å². The van der Waals surface area contributed by atoms with Gasteiger partial charge in [0.1, 0.15) is 12.4 Å². The van der Waals surface area contributed by atoms with Crippen molar-refractivity contribution in [1.82, 2.24) is 24.8 Å². The predicted octanol–water partition coefficient (Wildman–Crippen LogP) is 6.49. The molecule has 1 atom stereocenters. The second-order valence-electron chi connectivity index (χ2n) is 14.4. The van der Waals surface area contributed by atoms with Gasteiger partial charge in [0.25, 0.3) is 15.9 Å². The molecule has 0 spiro atoms. The van der Waals surface area contributed by atoms with Crippen LogP contribution >= 0.6 is 0 Å². The summed E-state index contributed by atoms with van der Waals surface area (Å²) in [5.41, 5.74) is 4.86. The number of benzene rings is 2. The molecule has 4 bridgehead atoms. The molecule has 0 radical (unpaired) electrons. The summed E-state index contributed by atoms with van der Waals surface area (Å²) in [6, 6.07) is 13.7. The lowest BCUT2D eigenvalue weighted by atomic mass is 9.87. The first-order valence-electron chi connectivity index (χ1n) is 16.8. The van der Waals surface area contributed by atoms with Gasteiger partial charge in [-0.2, -0.15) is 4.98 Å². The minimum Gasteiger partial charge on any atom is -0.475 e. The number of anilines is 2. The van der Waals surface area contributed by atoms with Crippen molar-refractivity contribution < 1.29 is 17.9 Å². The first-order chi connectivity index (χ1) is 23.2. The Morgan fingerprint density at radius 1 is 1.00 bits per heavy atom. The molecule has 3 heterocycles. The molecule has 1 N–H and O–H groups in total. The molecule has 1 saturated carbocycles. The Labute approximate surface area is 289 Å². The number of aromatic nitrogens is 4. The van der Waals surface area contributed by atoms with Crippen molar-refractivity contribution in [2.75, 3.05) is 23.3 Å². The summed E-state index contributed by atoms with van der Waals surface area (Å²) in [6.45, 7) is 12.5. The summed E-state index contributed by atoms with van der Waals surface area (Å²) >= 11 is 0. The lowest BCUT2D eigenvalue weighted by Gasteiger charge is -2.37. The van der Waals surface area contributed by atoms with E-state index in [1.165, 1.54) is 18.6 Å². The van der Waals surface area contributed by atoms with Crippen LogP contribution < -0.4 is 14.4 Å². The first kappa shape index (κ1) is 34.3. The van der Waals surface area contributed by atoms with E-state index in [1.54, 1.807) is 29.3 Å². The van der Waals surface area contributed by atoms with Crippen LogP contribution in [0.15, 0.2) is 59.6 Å². The van der Waals surface area contributed by atoms with E-state index in [2.05, 4.69) is 45.3 Å². The number of rotatable bonds is 6. The maximum Gasteiger partial charge on any atom is 0.264 e. The van der Waals surface area contributed by atoms with Crippen molar-refractivity contribution in [1.29, 1.82) is 0 Å². The van der Waals surface area contributed by atoms with E-state index in [-0.39, 0.29) is 46.8 Å². The second kappa shape index (κ2) is 13.4. The van der Waals surface area contributed by atoms with E-state index in [1.807, 2.05) is 46.0 Å². The van der Waals surface area contributed by atoms with Gasteiger partial charge in [0.2, 0.25) is 11.8 Å². The van der Waals surface area contributed by atoms with Gasteiger partial charge >= 0.3 is 0 Å². The SMILES string of the molecule is Cc1cccc(C)c1-c1cc2nc(n1)NS(=O)(=O)c1cccc(c1)C(=O)N(Cc1cnc(C)c(N(C)C3CCC3)n1)[C@H](CC(C)(C)C)CO2. The molecule has 1 fully saturated rings. The zero-order valence-corrected chi connectivity index (χ0v) is 30.1. The maximum absolute atomic E-state index is 14.5. The number of nitrogens with zero attached hydrogens (tertiary/aromatic N) is 6. The van der Waals surface area contributed by atoms with Gasteiger partial charge in [0.15, 0.2) is 0 Å². The van der Waals surface area contributed by atoms with Crippen LogP contribution in [0.4, 0.5) is 11.8 Å². The van der Waals surface area contributed by atoms with Gasteiger partial charge in [0.05, 0.1) is 40.8 Å². The van der Waals surface area contributed by atoms with E-state index < -0.39 is 16.1 Å². The van der Waals surface area contributed by atoms with E-state index in [4.69, 9.17) is 9.72 Å². The fourth-order valence-corrected chi connectivity index (χ4v) is 7.54. The summed E-state index contributed by atoms with van der Waals surface area (Å²) in [5, 5.41) is 0. The largest absolute Gasteiger partial charge is 0.475 e. The molecule has 2 aliphatic rings. The summed E-state index contributed by atoms with van der Waals surface area (Å²) in [5.74, 6) is 0.547. The molecule has 1 aliphatic carbocycles. The Kier molecular flexibility index (Phi) is 9.36. The molecule has 258 valence electrons. The van der Waals surface area contributed by atoms with Gasteiger partial charge in [-0.3, -0.25) is 9.78 Å². The van der Waals surface area contributed by atoms with Crippen molar-refractivity contribution >= 4 is 27.7 Å². The lowest BCUT2D eigenvalue weighted by molar-refractivity contribution is 0.0509. The fourth-order valence-electron chi connectivity index (χ4n) is 6.55. The van der Waals surface area contributed by atoms with Crippen LogP contribution in [0.2, 0.25) is 0 Å². The Hall–Kier alpha value is -4.58. The number of hydrogen-bond acceptors (Lipinski definition) is 9. The summed E-state index contributed by atoms with van der Waals surface area (Å²) in [7, 11) is -2.12. The third kappa shape index (κ3) is 7.54. The molecule has 0 saturated heterocycles. The quantitative estimate of drug-likeness (QED) is 0.242. The van der Waals surface area contributed by atoms with Gasteiger partial charge in [-0.15, -0.1) is 0 Å². The zero-order valence-electron chi connectivity index (χ0n) is 29.3. The van der Waals surface area contributed by atoms with Crippen LogP contribution in [0.25, 0.3) is 11.3 Å². The Morgan fingerprint density at radius 2 is 1.71 bits per heavy atom. The monoisotopic (exact) mass is 683 g/mol. The molecule has 1 aliphatic heterocycles. The summed E-state index contributed by atoms with van der Waals surface area (Å²) in [4.78, 5) is 37.2. The number of carbonyl (C=O) groups is 1. The van der Waals surface area contributed by atoms with Crippen LogP contribution in [0.1, 0.15) is 79.3 Å². The second-order valence-corrected chi connectivity index (χ2v) is 16.1. The molecule has 6 rings (SSSR count). The van der Waals surface area contributed by atoms with E-state index in [9.17, 15) is 13.2 Å². The number of nitrogens with one attached hydrogen (secondary N) is 1. The highest BCUT2D eigenvalue weighted by molar-refractivity contribution is 7.92. The molecule has 49 heavy (non-hydrogen) atoms. The molecule has 1 amide bonds. The van der Waals surface area contributed by atoms with Crippen molar-refractivity contribution in [3.05, 3.63) is 82.8 Å². The average molecular weight is 684 g/mol. The molecule has 0 unspecified atom stereocenters. The molecule has 12 heteroatoms. The van der Waals surface area contributed by atoms with Crippen molar-refractivity contribution in [3.63, 3.8) is 0 Å². The first-order valence-corrected chi connectivity index (χ1v) is 18.2. The van der Waals surface area contributed by atoms with Gasteiger partial charge in [-0.25, -0.2) is 23.1 Å². The Bertz CT molecular complexity index is 1970. The van der Waals surface area contributed by atoms with Crippen molar-refractivity contribution in [2.45, 2.75) is 90.7 Å². The zero-order chi connectivity index (χ0) is 35.1. The van der Waals surface area contributed by atoms with Crippen molar-refractivity contribution in [2.24, 2.45) is 5.41 Å². The van der Waals surface area contributed by atoms with Crippen LogP contribution in [-0.2, 0) is 16.6 Å². The highest BCUT2D eigenvalue weighted by atomic mass is 32.2. The van der Waals surface area contributed by atoms with Crippen LogP contribution in [0, 0.1) is 26.2 Å². The molecular formula is C37H45N7O4S. The highest BCUT2D eigenvalue weighted by Gasteiger charge is 2.32. The van der Waals surface area contributed by atoms with Gasteiger partial charge < -0.3 is 14.5 Å². The topological polar surface area (TPSA) is 131 Å². The standard InChI is InChI=1S/C37H45N7O4S/c1-23-11-8-12-24(2)33(23)31-18-32-41-36(40-31)42-49(46,47)30-16-9-13-26(17-30)35(45)44(29(22-48-32)19-37(4,5)6)21-27-20-38-25(3)34(39-27)43(7)28-14-10-15-28/h8-9,11-13,16-18,20,28-29H,10,14-15,19,21-22H2,1-7H3,(H,40,41,42)/t29-/m1/s1. The normalized spacial score (nSPS) is 17.9. The van der Waals surface area contributed by atoms with Gasteiger partial charge in [-0.05, 0) is 81.2 Å². The molecule has 2 aromatic heterocycles. The number of carbonyl (C=O) groups excluding carboxylic acids is 1. The van der Waals surface area contributed by atoms with Crippen LogP contribution in [-0.4, -0.2) is 64.9 Å². The maximum atomic E-state index is 14.5. The smallest absolute Gasteiger partial charge is 0.264 e. The summed E-state index contributed by atoms with van der Waals surface area (Å²) in [6.07, 6.45) is 5.73. The third-order valence-corrected chi connectivity index (χ3v) is 10.6. The molecule has 4 aromatic rings.